The normalized spacial score (nSPS) is 23.0. The summed E-state index contributed by atoms with van der Waals surface area (Å²) in [5.41, 5.74) is 7.90. The average molecular weight is 293 g/mol. The third kappa shape index (κ3) is 2.68. The van der Waals surface area contributed by atoms with E-state index in [4.69, 9.17) is 17.3 Å². The molecule has 0 saturated heterocycles. The summed E-state index contributed by atoms with van der Waals surface area (Å²) in [7, 11) is 2.18. The van der Waals surface area contributed by atoms with Crippen LogP contribution in [0.25, 0.3) is 5.65 Å². The zero-order valence-corrected chi connectivity index (χ0v) is 12.6. The fourth-order valence-corrected chi connectivity index (χ4v) is 3.51. The second kappa shape index (κ2) is 5.72. The molecule has 4 nitrogen and oxygen atoms in total. The number of rotatable bonds is 4. The summed E-state index contributed by atoms with van der Waals surface area (Å²) < 4.78 is 1.99. The SMILES string of the molecule is CN(Cc1cn2cc(Cl)ccc2n1)C1CCCC1CN. The molecule has 0 aliphatic heterocycles. The molecule has 1 saturated carbocycles. The molecule has 3 rings (SSSR count). The first-order chi connectivity index (χ1) is 9.67. The smallest absolute Gasteiger partial charge is 0.137 e. The summed E-state index contributed by atoms with van der Waals surface area (Å²) in [6, 6.07) is 4.41. The van der Waals surface area contributed by atoms with E-state index in [1.807, 2.05) is 22.7 Å². The van der Waals surface area contributed by atoms with Crippen molar-refractivity contribution in [1.29, 1.82) is 0 Å². The molecule has 2 N–H and O–H groups in total. The summed E-state index contributed by atoms with van der Waals surface area (Å²) in [6.45, 7) is 1.65. The van der Waals surface area contributed by atoms with Gasteiger partial charge in [-0.05, 0) is 44.5 Å². The summed E-state index contributed by atoms with van der Waals surface area (Å²) in [5, 5.41) is 0.730. The maximum absolute atomic E-state index is 6.00. The molecule has 20 heavy (non-hydrogen) atoms. The molecule has 5 heteroatoms. The highest BCUT2D eigenvalue weighted by atomic mass is 35.5. The van der Waals surface area contributed by atoms with Crippen LogP contribution in [-0.2, 0) is 6.54 Å². The van der Waals surface area contributed by atoms with E-state index in [-0.39, 0.29) is 0 Å². The Balaban J connectivity index is 1.75. The van der Waals surface area contributed by atoms with E-state index < -0.39 is 0 Å². The number of pyridine rings is 1. The fourth-order valence-electron chi connectivity index (χ4n) is 3.34. The van der Waals surface area contributed by atoms with Crippen LogP contribution in [0.15, 0.2) is 24.5 Å². The van der Waals surface area contributed by atoms with E-state index >= 15 is 0 Å². The van der Waals surface area contributed by atoms with Crippen LogP contribution >= 0.6 is 11.6 Å². The van der Waals surface area contributed by atoms with Crippen molar-refractivity contribution in [1.82, 2.24) is 14.3 Å². The van der Waals surface area contributed by atoms with Gasteiger partial charge in [-0.2, -0.15) is 0 Å². The van der Waals surface area contributed by atoms with Crippen LogP contribution in [-0.4, -0.2) is 33.9 Å². The molecule has 0 bridgehead atoms. The predicted molar refractivity (Wildman–Crippen MR) is 81.9 cm³/mol. The number of nitrogens with two attached hydrogens (primary N) is 1. The first kappa shape index (κ1) is 13.9. The number of imidazole rings is 1. The van der Waals surface area contributed by atoms with Crippen molar-refractivity contribution >= 4 is 17.2 Å². The van der Waals surface area contributed by atoms with Crippen LogP contribution < -0.4 is 5.73 Å². The number of halogens is 1. The van der Waals surface area contributed by atoms with Gasteiger partial charge in [0.2, 0.25) is 0 Å². The summed E-state index contributed by atoms with van der Waals surface area (Å²) in [5.74, 6) is 0.631. The van der Waals surface area contributed by atoms with E-state index in [2.05, 4.69) is 23.1 Å². The zero-order chi connectivity index (χ0) is 14.1. The number of hydrogen-bond donors (Lipinski definition) is 1. The second-order valence-corrected chi connectivity index (χ2v) is 6.19. The summed E-state index contributed by atoms with van der Waals surface area (Å²) in [4.78, 5) is 7.04. The van der Waals surface area contributed by atoms with Crippen molar-refractivity contribution < 1.29 is 0 Å². The Labute approximate surface area is 124 Å². The standard InChI is InChI=1S/C15H21ClN4/c1-19(14-4-2-3-11(14)7-17)9-13-10-20-8-12(16)5-6-15(20)18-13/h5-6,8,10-11,14H,2-4,7,9,17H2,1H3. The van der Waals surface area contributed by atoms with Crippen LogP contribution in [0.2, 0.25) is 5.02 Å². The van der Waals surface area contributed by atoms with E-state index in [1.54, 1.807) is 0 Å². The van der Waals surface area contributed by atoms with Crippen LogP contribution in [0.5, 0.6) is 0 Å². The maximum atomic E-state index is 6.00. The van der Waals surface area contributed by atoms with Crippen molar-refractivity contribution in [2.45, 2.75) is 31.8 Å². The Hall–Kier alpha value is -1.10. The highest BCUT2D eigenvalue weighted by Crippen LogP contribution is 2.29. The molecule has 2 unspecified atom stereocenters. The van der Waals surface area contributed by atoms with E-state index in [1.165, 1.54) is 19.3 Å². The van der Waals surface area contributed by atoms with Gasteiger partial charge < -0.3 is 10.1 Å². The van der Waals surface area contributed by atoms with Gasteiger partial charge in [0, 0.05) is 25.0 Å². The lowest BCUT2D eigenvalue weighted by molar-refractivity contribution is 0.191. The molecule has 1 aliphatic rings. The first-order valence-electron chi connectivity index (χ1n) is 7.21. The molecule has 0 radical (unpaired) electrons. The Kier molecular flexibility index (Phi) is 3.96. The minimum atomic E-state index is 0.591. The lowest BCUT2D eigenvalue weighted by atomic mass is 10.0. The van der Waals surface area contributed by atoms with Gasteiger partial charge in [-0.15, -0.1) is 0 Å². The number of nitrogens with zero attached hydrogens (tertiary/aromatic N) is 3. The molecule has 2 aromatic rings. The minimum Gasteiger partial charge on any atom is -0.330 e. The van der Waals surface area contributed by atoms with E-state index in [0.717, 1.165) is 29.5 Å². The quantitative estimate of drug-likeness (QED) is 0.942. The molecule has 1 fully saturated rings. The molecule has 1 aliphatic carbocycles. The second-order valence-electron chi connectivity index (χ2n) is 5.75. The topological polar surface area (TPSA) is 46.6 Å². The molecule has 108 valence electrons. The van der Waals surface area contributed by atoms with Gasteiger partial charge in [-0.3, -0.25) is 4.90 Å². The molecule has 0 amide bonds. The maximum Gasteiger partial charge on any atom is 0.137 e. The van der Waals surface area contributed by atoms with E-state index in [0.29, 0.717) is 12.0 Å². The third-order valence-electron chi connectivity index (χ3n) is 4.36. The molecule has 0 aromatic carbocycles. The van der Waals surface area contributed by atoms with Crippen molar-refractivity contribution in [3.8, 4) is 0 Å². The lowest BCUT2D eigenvalue weighted by Crippen LogP contribution is -2.37. The molecule has 2 aromatic heterocycles. The average Bonchev–Trinajstić information content (AvgIpc) is 3.03. The van der Waals surface area contributed by atoms with Gasteiger partial charge in [0.15, 0.2) is 0 Å². The van der Waals surface area contributed by atoms with Crippen LogP contribution in [0.3, 0.4) is 0 Å². The van der Waals surface area contributed by atoms with Gasteiger partial charge in [0.05, 0.1) is 10.7 Å². The van der Waals surface area contributed by atoms with Gasteiger partial charge >= 0.3 is 0 Å². The summed E-state index contributed by atoms with van der Waals surface area (Å²) >= 11 is 6.00. The fraction of sp³-hybridized carbons (Fsp3) is 0.533. The van der Waals surface area contributed by atoms with Crippen LogP contribution in [0, 0.1) is 5.92 Å². The third-order valence-corrected chi connectivity index (χ3v) is 4.59. The molecule has 0 spiro atoms. The van der Waals surface area contributed by atoms with Crippen molar-refractivity contribution in [3.63, 3.8) is 0 Å². The van der Waals surface area contributed by atoms with Crippen LogP contribution in [0.1, 0.15) is 25.0 Å². The predicted octanol–water partition coefficient (Wildman–Crippen LogP) is 2.55. The Bertz CT molecular complexity index is 595. The van der Waals surface area contributed by atoms with Gasteiger partial charge in [0.25, 0.3) is 0 Å². The van der Waals surface area contributed by atoms with Gasteiger partial charge in [-0.1, -0.05) is 18.0 Å². The number of fused-ring (bicyclic) bond motifs is 1. The van der Waals surface area contributed by atoms with Gasteiger partial charge in [0.1, 0.15) is 5.65 Å². The number of hydrogen-bond acceptors (Lipinski definition) is 3. The Morgan fingerprint density at radius 1 is 1.40 bits per heavy atom. The number of aromatic nitrogens is 2. The van der Waals surface area contributed by atoms with Crippen molar-refractivity contribution in [3.05, 3.63) is 35.2 Å². The Morgan fingerprint density at radius 3 is 3.05 bits per heavy atom. The molecular weight excluding hydrogens is 272 g/mol. The summed E-state index contributed by atoms with van der Waals surface area (Å²) in [6.07, 6.45) is 7.75. The first-order valence-corrected chi connectivity index (χ1v) is 7.58. The monoisotopic (exact) mass is 292 g/mol. The molecule has 2 atom stereocenters. The van der Waals surface area contributed by atoms with E-state index in [9.17, 15) is 0 Å². The zero-order valence-electron chi connectivity index (χ0n) is 11.8. The minimum absolute atomic E-state index is 0.591. The molecule has 2 heterocycles. The Morgan fingerprint density at radius 2 is 2.25 bits per heavy atom. The van der Waals surface area contributed by atoms with Crippen molar-refractivity contribution in [2.75, 3.05) is 13.6 Å². The lowest BCUT2D eigenvalue weighted by Gasteiger charge is -2.28. The highest BCUT2D eigenvalue weighted by Gasteiger charge is 2.29. The van der Waals surface area contributed by atoms with Crippen molar-refractivity contribution in [2.24, 2.45) is 11.7 Å². The van der Waals surface area contributed by atoms with Crippen LogP contribution in [0.4, 0.5) is 0 Å². The molecular formula is C15H21ClN4. The highest BCUT2D eigenvalue weighted by molar-refractivity contribution is 6.30. The largest absolute Gasteiger partial charge is 0.330 e. The van der Waals surface area contributed by atoms with Gasteiger partial charge in [-0.25, -0.2) is 4.98 Å².